The topological polar surface area (TPSA) is 75.7 Å². The van der Waals surface area contributed by atoms with E-state index in [0.717, 1.165) is 11.2 Å². The van der Waals surface area contributed by atoms with Crippen LogP contribution in [0.4, 0.5) is 4.79 Å². The first-order chi connectivity index (χ1) is 8.70. The van der Waals surface area contributed by atoms with Gasteiger partial charge in [-0.05, 0) is 24.3 Å². The number of rotatable bonds is 4. The number of ether oxygens (including phenoxy) is 1. The lowest BCUT2D eigenvalue weighted by molar-refractivity contribution is -0.129. The SMILES string of the molecule is O=Cc1ccc(OCC(=O)N2CCNC2=O)cc1. The van der Waals surface area contributed by atoms with Gasteiger partial charge in [0, 0.05) is 18.7 Å². The van der Waals surface area contributed by atoms with Crippen molar-refractivity contribution in [2.75, 3.05) is 19.7 Å². The molecule has 0 atom stereocenters. The molecule has 1 aliphatic heterocycles. The fourth-order valence-corrected chi connectivity index (χ4v) is 1.58. The Balaban J connectivity index is 1.88. The first-order valence-electron chi connectivity index (χ1n) is 5.47. The molecule has 18 heavy (non-hydrogen) atoms. The van der Waals surface area contributed by atoms with E-state index in [-0.39, 0.29) is 18.5 Å². The van der Waals surface area contributed by atoms with E-state index in [2.05, 4.69) is 5.32 Å². The standard InChI is InChI=1S/C12H12N2O4/c15-7-9-1-3-10(4-2-9)18-8-11(16)14-6-5-13-12(14)17/h1-4,7H,5-6,8H2,(H,13,17). The fraction of sp³-hybridized carbons (Fsp3) is 0.250. The van der Waals surface area contributed by atoms with E-state index in [1.807, 2.05) is 0 Å². The van der Waals surface area contributed by atoms with E-state index in [0.29, 0.717) is 24.4 Å². The third-order valence-electron chi connectivity index (χ3n) is 2.54. The van der Waals surface area contributed by atoms with Crippen LogP contribution in [0.15, 0.2) is 24.3 Å². The van der Waals surface area contributed by atoms with Gasteiger partial charge >= 0.3 is 6.03 Å². The van der Waals surface area contributed by atoms with Gasteiger partial charge in [0.05, 0.1) is 0 Å². The zero-order valence-corrected chi connectivity index (χ0v) is 9.59. The Kier molecular flexibility index (Phi) is 3.57. The summed E-state index contributed by atoms with van der Waals surface area (Å²) in [6.45, 7) is 0.636. The molecule has 1 aromatic rings. The molecule has 0 aromatic heterocycles. The van der Waals surface area contributed by atoms with Crippen molar-refractivity contribution in [2.45, 2.75) is 0 Å². The number of hydrogen-bond donors (Lipinski definition) is 1. The Morgan fingerprint density at radius 2 is 2.11 bits per heavy atom. The molecule has 6 nitrogen and oxygen atoms in total. The largest absolute Gasteiger partial charge is 0.484 e. The highest BCUT2D eigenvalue weighted by atomic mass is 16.5. The Labute approximate surface area is 104 Å². The molecular formula is C12H12N2O4. The van der Waals surface area contributed by atoms with Crippen LogP contribution >= 0.6 is 0 Å². The van der Waals surface area contributed by atoms with Crippen molar-refractivity contribution in [1.82, 2.24) is 10.2 Å². The van der Waals surface area contributed by atoms with E-state index < -0.39 is 0 Å². The molecule has 0 spiro atoms. The second-order valence-corrected chi connectivity index (χ2v) is 3.75. The monoisotopic (exact) mass is 248 g/mol. The van der Waals surface area contributed by atoms with E-state index in [4.69, 9.17) is 4.74 Å². The maximum atomic E-state index is 11.6. The molecule has 94 valence electrons. The van der Waals surface area contributed by atoms with E-state index in [1.165, 1.54) is 0 Å². The van der Waals surface area contributed by atoms with E-state index in [1.54, 1.807) is 24.3 Å². The summed E-state index contributed by atoms with van der Waals surface area (Å²) in [5.41, 5.74) is 0.535. The van der Waals surface area contributed by atoms with Gasteiger partial charge in [-0.25, -0.2) is 4.79 Å². The minimum Gasteiger partial charge on any atom is -0.484 e. The van der Waals surface area contributed by atoms with Crippen molar-refractivity contribution in [2.24, 2.45) is 0 Å². The molecule has 1 heterocycles. The number of aldehydes is 1. The van der Waals surface area contributed by atoms with Gasteiger partial charge in [-0.3, -0.25) is 14.5 Å². The Hall–Kier alpha value is -2.37. The molecule has 1 N–H and O–H groups in total. The summed E-state index contributed by atoms with van der Waals surface area (Å²) in [6.07, 6.45) is 0.726. The number of benzene rings is 1. The van der Waals surface area contributed by atoms with Crippen LogP contribution in [-0.4, -0.2) is 42.8 Å². The number of carbonyl (C=O) groups excluding carboxylic acids is 3. The molecule has 6 heteroatoms. The van der Waals surface area contributed by atoms with Crippen LogP contribution in [0, 0.1) is 0 Å². The molecule has 1 saturated heterocycles. The van der Waals surface area contributed by atoms with Gasteiger partial charge in [-0.1, -0.05) is 0 Å². The number of amides is 3. The van der Waals surface area contributed by atoms with Crippen LogP contribution in [0.3, 0.4) is 0 Å². The van der Waals surface area contributed by atoms with Gasteiger partial charge in [0.25, 0.3) is 5.91 Å². The maximum absolute atomic E-state index is 11.6. The van der Waals surface area contributed by atoms with Crippen LogP contribution in [-0.2, 0) is 4.79 Å². The number of imide groups is 1. The molecule has 0 bridgehead atoms. The van der Waals surface area contributed by atoms with Gasteiger partial charge in [-0.15, -0.1) is 0 Å². The first-order valence-corrected chi connectivity index (χ1v) is 5.47. The van der Waals surface area contributed by atoms with Crippen molar-refractivity contribution in [3.8, 4) is 5.75 Å². The zero-order valence-electron chi connectivity index (χ0n) is 9.59. The van der Waals surface area contributed by atoms with Crippen LogP contribution in [0.5, 0.6) is 5.75 Å². The lowest BCUT2D eigenvalue weighted by Crippen LogP contribution is -2.37. The molecule has 2 rings (SSSR count). The summed E-state index contributed by atoms with van der Waals surface area (Å²) in [5.74, 6) is 0.0954. The summed E-state index contributed by atoms with van der Waals surface area (Å²) >= 11 is 0. The molecular weight excluding hydrogens is 236 g/mol. The average Bonchev–Trinajstić information content (AvgIpc) is 2.83. The quantitative estimate of drug-likeness (QED) is 0.784. The van der Waals surface area contributed by atoms with Crippen molar-refractivity contribution in [3.05, 3.63) is 29.8 Å². The van der Waals surface area contributed by atoms with Crippen molar-refractivity contribution in [1.29, 1.82) is 0 Å². The van der Waals surface area contributed by atoms with Gasteiger partial charge in [-0.2, -0.15) is 0 Å². The number of nitrogens with one attached hydrogen (secondary N) is 1. The minimum absolute atomic E-state index is 0.201. The van der Waals surface area contributed by atoms with Crippen LogP contribution in [0.1, 0.15) is 10.4 Å². The maximum Gasteiger partial charge on any atom is 0.324 e. The van der Waals surface area contributed by atoms with Crippen LogP contribution < -0.4 is 10.1 Å². The highest BCUT2D eigenvalue weighted by Gasteiger charge is 2.26. The normalized spacial score (nSPS) is 14.2. The number of urea groups is 1. The number of nitrogens with zero attached hydrogens (tertiary/aromatic N) is 1. The van der Waals surface area contributed by atoms with E-state index in [9.17, 15) is 14.4 Å². The molecule has 1 aromatic carbocycles. The second-order valence-electron chi connectivity index (χ2n) is 3.75. The third-order valence-corrected chi connectivity index (χ3v) is 2.54. The predicted molar refractivity (Wildman–Crippen MR) is 62.4 cm³/mol. The summed E-state index contributed by atoms with van der Waals surface area (Å²) in [4.78, 5) is 34.4. The van der Waals surface area contributed by atoms with E-state index >= 15 is 0 Å². The Bertz CT molecular complexity index is 469. The lowest BCUT2D eigenvalue weighted by atomic mass is 10.2. The molecule has 1 aliphatic rings. The number of carbonyl (C=O) groups is 3. The van der Waals surface area contributed by atoms with Gasteiger partial charge in [0.2, 0.25) is 0 Å². The van der Waals surface area contributed by atoms with Gasteiger partial charge in [0.15, 0.2) is 6.61 Å². The summed E-state index contributed by atoms with van der Waals surface area (Å²) < 4.78 is 5.24. The molecule has 0 unspecified atom stereocenters. The van der Waals surface area contributed by atoms with Crippen LogP contribution in [0.25, 0.3) is 0 Å². The van der Waals surface area contributed by atoms with Crippen molar-refractivity contribution >= 4 is 18.2 Å². The molecule has 0 aliphatic carbocycles. The first kappa shape index (κ1) is 12.1. The highest BCUT2D eigenvalue weighted by molar-refractivity contribution is 5.96. The zero-order chi connectivity index (χ0) is 13.0. The third kappa shape index (κ3) is 2.65. The second kappa shape index (κ2) is 5.31. The minimum atomic E-state index is -0.389. The number of hydrogen-bond acceptors (Lipinski definition) is 4. The average molecular weight is 248 g/mol. The van der Waals surface area contributed by atoms with Gasteiger partial charge in [0.1, 0.15) is 12.0 Å². The molecule has 0 saturated carbocycles. The molecule has 1 fully saturated rings. The smallest absolute Gasteiger partial charge is 0.324 e. The summed E-state index contributed by atoms with van der Waals surface area (Å²) in [7, 11) is 0. The highest BCUT2D eigenvalue weighted by Crippen LogP contribution is 2.11. The van der Waals surface area contributed by atoms with Crippen molar-refractivity contribution < 1.29 is 19.1 Å². The Morgan fingerprint density at radius 1 is 1.39 bits per heavy atom. The molecule has 0 radical (unpaired) electrons. The fourth-order valence-electron chi connectivity index (χ4n) is 1.58. The summed E-state index contributed by atoms with van der Waals surface area (Å²) in [5, 5.41) is 2.54. The molecule has 3 amide bonds. The lowest BCUT2D eigenvalue weighted by Gasteiger charge is -2.12. The predicted octanol–water partition coefficient (Wildman–Crippen LogP) is 0.430. The van der Waals surface area contributed by atoms with Gasteiger partial charge < -0.3 is 10.1 Å². The van der Waals surface area contributed by atoms with Crippen molar-refractivity contribution in [3.63, 3.8) is 0 Å². The Morgan fingerprint density at radius 3 is 2.67 bits per heavy atom. The van der Waals surface area contributed by atoms with Crippen LogP contribution in [0.2, 0.25) is 0 Å². The summed E-state index contributed by atoms with van der Waals surface area (Å²) in [6, 6.07) is 5.99.